The Labute approximate surface area is 85.1 Å². The number of methoxy groups -OCH3 is 1. The van der Waals surface area contributed by atoms with E-state index in [0.29, 0.717) is 5.92 Å². The molecule has 1 aromatic rings. The number of ether oxygens (including phenoxy) is 1. The van der Waals surface area contributed by atoms with Crippen LogP contribution in [0, 0.1) is 5.92 Å². The summed E-state index contributed by atoms with van der Waals surface area (Å²) in [6.45, 7) is 2.22. The van der Waals surface area contributed by atoms with Crippen LogP contribution in [0.3, 0.4) is 0 Å². The molecule has 1 aliphatic rings. The van der Waals surface area contributed by atoms with E-state index >= 15 is 0 Å². The lowest BCUT2D eigenvalue weighted by Crippen LogP contribution is -2.25. The zero-order valence-electron chi connectivity index (χ0n) is 8.79. The fourth-order valence-corrected chi connectivity index (χ4v) is 2.21. The Morgan fingerprint density at radius 1 is 1.43 bits per heavy atom. The van der Waals surface area contributed by atoms with Gasteiger partial charge in [0.05, 0.1) is 7.11 Å². The molecular formula is C12H17NO. The van der Waals surface area contributed by atoms with E-state index < -0.39 is 0 Å². The molecule has 1 aromatic carbocycles. The molecule has 0 saturated carbocycles. The summed E-state index contributed by atoms with van der Waals surface area (Å²) in [6.07, 6.45) is 2.25. The molecule has 2 nitrogen and oxygen atoms in total. The fourth-order valence-electron chi connectivity index (χ4n) is 2.21. The van der Waals surface area contributed by atoms with Crippen molar-refractivity contribution in [3.8, 4) is 5.75 Å². The highest BCUT2D eigenvalue weighted by atomic mass is 16.5. The second-order valence-corrected chi connectivity index (χ2v) is 4.07. The summed E-state index contributed by atoms with van der Waals surface area (Å²) in [5, 5.41) is 0. The average Bonchev–Trinajstić information content (AvgIpc) is 2.23. The molecule has 0 aromatic heterocycles. The lowest BCUT2D eigenvalue weighted by Gasteiger charge is -2.29. The molecule has 0 heterocycles. The standard InChI is InChI=1S/C12H17NO/c1-8-6-7-9-10(12(8)13)4-3-5-11(9)14-2/h3-5,8,12H,6-7,13H2,1-2H3. The van der Waals surface area contributed by atoms with Gasteiger partial charge >= 0.3 is 0 Å². The van der Waals surface area contributed by atoms with Gasteiger partial charge in [-0.15, -0.1) is 0 Å². The van der Waals surface area contributed by atoms with Gasteiger partial charge < -0.3 is 10.5 Å². The van der Waals surface area contributed by atoms with Crippen LogP contribution in [0.2, 0.25) is 0 Å². The average molecular weight is 191 g/mol. The molecule has 0 saturated heterocycles. The maximum atomic E-state index is 6.16. The first kappa shape index (κ1) is 9.53. The van der Waals surface area contributed by atoms with Crippen molar-refractivity contribution in [2.75, 3.05) is 7.11 Å². The van der Waals surface area contributed by atoms with Crippen molar-refractivity contribution in [1.29, 1.82) is 0 Å². The molecule has 0 amide bonds. The van der Waals surface area contributed by atoms with Crippen molar-refractivity contribution in [1.82, 2.24) is 0 Å². The van der Waals surface area contributed by atoms with Gasteiger partial charge in [-0.1, -0.05) is 19.1 Å². The maximum Gasteiger partial charge on any atom is 0.122 e. The number of hydrogen-bond acceptors (Lipinski definition) is 2. The number of hydrogen-bond donors (Lipinski definition) is 1. The molecule has 2 heteroatoms. The predicted octanol–water partition coefficient (Wildman–Crippen LogP) is 2.28. The molecule has 2 atom stereocenters. The smallest absolute Gasteiger partial charge is 0.122 e. The van der Waals surface area contributed by atoms with E-state index in [9.17, 15) is 0 Å². The van der Waals surface area contributed by atoms with Crippen molar-refractivity contribution in [2.45, 2.75) is 25.8 Å². The Morgan fingerprint density at radius 3 is 2.93 bits per heavy atom. The molecule has 14 heavy (non-hydrogen) atoms. The molecule has 1 aliphatic carbocycles. The minimum atomic E-state index is 0.175. The summed E-state index contributed by atoms with van der Waals surface area (Å²) in [7, 11) is 1.72. The van der Waals surface area contributed by atoms with E-state index in [1.54, 1.807) is 7.11 Å². The van der Waals surface area contributed by atoms with E-state index in [1.807, 2.05) is 12.1 Å². The molecule has 0 aliphatic heterocycles. The van der Waals surface area contributed by atoms with Crippen LogP contribution in [-0.4, -0.2) is 7.11 Å². The fraction of sp³-hybridized carbons (Fsp3) is 0.500. The molecule has 0 spiro atoms. The highest BCUT2D eigenvalue weighted by Crippen LogP contribution is 2.36. The number of benzene rings is 1. The Morgan fingerprint density at radius 2 is 2.21 bits per heavy atom. The predicted molar refractivity (Wildman–Crippen MR) is 57.4 cm³/mol. The normalized spacial score (nSPS) is 25.6. The number of nitrogens with two attached hydrogens (primary N) is 1. The number of fused-ring (bicyclic) bond motifs is 1. The van der Waals surface area contributed by atoms with E-state index in [4.69, 9.17) is 10.5 Å². The van der Waals surface area contributed by atoms with Crippen molar-refractivity contribution >= 4 is 0 Å². The molecule has 0 radical (unpaired) electrons. The van der Waals surface area contributed by atoms with Crippen LogP contribution in [0.25, 0.3) is 0 Å². The van der Waals surface area contributed by atoms with Crippen LogP contribution in [-0.2, 0) is 6.42 Å². The van der Waals surface area contributed by atoms with Gasteiger partial charge in [0.15, 0.2) is 0 Å². The summed E-state index contributed by atoms with van der Waals surface area (Å²) in [6, 6.07) is 6.34. The van der Waals surface area contributed by atoms with Gasteiger partial charge in [0.25, 0.3) is 0 Å². The summed E-state index contributed by atoms with van der Waals surface area (Å²) in [5.74, 6) is 1.57. The van der Waals surface area contributed by atoms with Crippen LogP contribution >= 0.6 is 0 Å². The lowest BCUT2D eigenvalue weighted by atomic mass is 9.81. The van der Waals surface area contributed by atoms with Crippen LogP contribution in [0.15, 0.2) is 18.2 Å². The molecule has 2 rings (SSSR count). The van der Waals surface area contributed by atoms with Gasteiger partial charge in [0, 0.05) is 6.04 Å². The van der Waals surface area contributed by atoms with Crippen LogP contribution in [0.1, 0.15) is 30.5 Å². The Hall–Kier alpha value is -1.02. The van der Waals surface area contributed by atoms with Gasteiger partial charge in [-0.25, -0.2) is 0 Å². The highest BCUT2D eigenvalue weighted by Gasteiger charge is 2.25. The molecule has 0 bridgehead atoms. The molecular weight excluding hydrogens is 174 g/mol. The zero-order valence-corrected chi connectivity index (χ0v) is 8.79. The van der Waals surface area contributed by atoms with E-state index in [-0.39, 0.29) is 6.04 Å². The van der Waals surface area contributed by atoms with E-state index in [1.165, 1.54) is 11.1 Å². The first-order valence-electron chi connectivity index (χ1n) is 5.15. The Balaban J connectivity index is 2.47. The second kappa shape index (κ2) is 3.62. The quantitative estimate of drug-likeness (QED) is 0.739. The summed E-state index contributed by atoms with van der Waals surface area (Å²) >= 11 is 0. The third kappa shape index (κ3) is 1.40. The minimum absolute atomic E-state index is 0.175. The van der Waals surface area contributed by atoms with Gasteiger partial charge in [0.1, 0.15) is 5.75 Å². The van der Waals surface area contributed by atoms with Crippen LogP contribution < -0.4 is 10.5 Å². The molecule has 2 unspecified atom stereocenters. The molecule has 0 fully saturated rings. The van der Waals surface area contributed by atoms with Gasteiger partial charge in [-0.3, -0.25) is 0 Å². The third-order valence-corrected chi connectivity index (χ3v) is 3.21. The van der Waals surface area contributed by atoms with Gasteiger partial charge in [-0.05, 0) is 36.0 Å². The summed E-state index contributed by atoms with van der Waals surface area (Å²) in [5.41, 5.74) is 8.73. The van der Waals surface area contributed by atoms with Crippen molar-refractivity contribution in [3.63, 3.8) is 0 Å². The van der Waals surface area contributed by atoms with E-state index in [2.05, 4.69) is 13.0 Å². The minimum Gasteiger partial charge on any atom is -0.496 e. The largest absolute Gasteiger partial charge is 0.496 e. The third-order valence-electron chi connectivity index (χ3n) is 3.21. The Bertz CT molecular complexity index is 335. The summed E-state index contributed by atoms with van der Waals surface area (Å²) < 4.78 is 5.34. The Kier molecular flexibility index (Phi) is 2.46. The monoisotopic (exact) mass is 191 g/mol. The topological polar surface area (TPSA) is 35.2 Å². The van der Waals surface area contributed by atoms with Crippen molar-refractivity contribution in [3.05, 3.63) is 29.3 Å². The number of rotatable bonds is 1. The highest BCUT2D eigenvalue weighted by molar-refractivity contribution is 5.43. The lowest BCUT2D eigenvalue weighted by molar-refractivity contribution is 0.379. The first-order chi connectivity index (χ1) is 6.74. The first-order valence-corrected chi connectivity index (χ1v) is 5.15. The van der Waals surface area contributed by atoms with E-state index in [0.717, 1.165) is 18.6 Å². The van der Waals surface area contributed by atoms with Crippen LogP contribution in [0.4, 0.5) is 0 Å². The van der Waals surface area contributed by atoms with Gasteiger partial charge in [-0.2, -0.15) is 0 Å². The van der Waals surface area contributed by atoms with Gasteiger partial charge in [0.2, 0.25) is 0 Å². The van der Waals surface area contributed by atoms with Crippen molar-refractivity contribution < 1.29 is 4.74 Å². The van der Waals surface area contributed by atoms with Crippen molar-refractivity contribution in [2.24, 2.45) is 11.7 Å². The SMILES string of the molecule is COc1cccc2c1CCC(C)C2N. The molecule has 2 N–H and O–H groups in total. The zero-order chi connectivity index (χ0) is 10.1. The molecule has 76 valence electrons. The van der Waals surface area contributed by atoms with Crippen LogP contribution in [0.5, 0.6) is 5.75 Å². The summed E-state index contributed by atoms with van der Waals surface area (Å²) in [4.78, 5) is 0. The maximum absolute atomic E-state index is 6.16. The second-order valence-electron chi connectivity index (χ2n) is 4.07.